The van der Waals surface area contributed by atoms with Crippen LogP contribution in [0.5, 0.6) is 0 Å². The van der Waals surface area contributed by atoms with E-state index in [1.165, 1.54) is 12.1 Å². The van der Waals surface area contributed by atoms with Gasteiger partial charge in [0.2, 0.25) is 0 Å². The minimum atomic E-state index is -0.214. The summed E-state index contributed by atoms with van der Waals surface area (Å²) in [5.74, 6) is 0.559. The van der Waals surface area contributed by atoms with E-state index in [0.717, 1.165) is 63.0 Å². The number of benzene rings is 2. The van der Waals surface area contributed by atoms with E-state index in [1.807, 2.05) is 30.3 Å². The first kappa shape index (κ1) is 22.1. The lowest BCUT2D eigenvalue weighted by Gasteiger charge is -2.35. The van der Waals surface area contributed by atoms with Gasteiger partial charge in [0.15, 0.2) is 5.96 Å². The monoisotopic (exact) mass is 413 g/mol. The summed E-state index contributed by atoms with van der Waals surface area (Å²) in [6, 6.07) is 17.1. The molecule has 1 heterocycles. The Morgan fingerprint density at radius 3 is 2.47 bits per heavy atom. The van der Waals surface area contributed by atoms with Crippen molar-refractivity contribution in [3.63, 3.8) is 0 Å². The Labute approximate surface area is 178 Å². The number of halogens is 1. The maximum atomic E-state index is 13.4. The molecule has 0 spiro atoms. The molecule has 162 valence electrons. The van der Waals surface area contributed by atoms with Gasteiger partial charge in [-0.05, 0) is 36.2 Å². The van der Waals surface area contributed by atoms with Crippen molar-refractivity contribution in [1.82, 2.24) is 15.5 Å². The normalized spacial score (nSPS) is 16.1. The van der Waals surface area contributed by atoms with Crippen molar-refractivity contribution in [2.75, 3.05) is 58.3 Å². The fraction of sp³-hybridized carbons (Fsp3) is 0.435. The number of aliphatic imine (C=N–C) groups is 1. The Morgan fingerprint density at radius 1 is 1.03 bits per heavy atom. The summed E-state index contributed by atoms with van der Waals surface area (Å²) in [4.78, 5) is 6.72. The van der Waals surface area contributed by atoms with Crippen LogP contribution in [0.2, 0.25) is 0 Å². The van der Waals surface area contributed by atoms with E-state index in [9.17, 15) is 4.39 Å². The number of nitrogens with zero attached hydrogens (tertiary/aromatic N) is 2. The molecule has 30 heavy (non-hydrogen) atoms. The molecule has 1 saturated heterocycles. The van der Waals surface area contributed by atoms with Gasteiger partial charge in [0.25, 0.3) is 0 Å². The van der Waals surface area contributed by atoms with Crippen LogP contribution in [-0.2, 0) is 4.74 Å². The van der Waals surface area contributed by atoms with Gasteiger partial charge in [-0.1, -0.05) is 30.3 Å². The van der Waals surface area contributed by atoms with Crippen molar-refractivity contribution >= 4 is 11.6 Å². The molecule has 0 bridgehead atoms. The van der Waals surface area contributed by atoms with E-state index in [0.29, 0.717) is 6.54 Å². The van der Waals surface area contributed by atoms with Crippen LogP contribution in [0.15, 0.2) is 59.6 Å². The van der Waals surface area contributed by atoms with E-state index in [1.54, 1.807) is 7.05 Å². The van der Waals surface area contributed by atoms with Crippen molar-refractivity contribution in [2.45, 2.75) is 12.5 Å². The molecular formula is C23H32FN5O. The molecule has 1 unspecified atom stereocenters. The molecule has 1 aliphatic rings. The molecule has 2 aromatic rings. The number of guanidine groups is 1. The highest BCUT2D eigenvalue weighted by molar-refractivity contribution is 5.79. The van der Waals surface area contributed by atoms with Crippen molar-refractivity contribution in [1.29, 1.82) is 0 Å². The molecule has 2 aromatic carbocycles. The minimum Gasteiger partial charge on any atom is -0.385 e. The lowest BCUT2D eigenvalue weighted by Crippen LogP contribution is -2.46. The van der Waals surface area contributed by atoms with Crippen molar-refractivity contribution in [3.05, 3.63) is 66.0 Å². The Kier molecular flexibility index (Phi) is 8.93. The second-order valence-corrected chi connectivity index (χ2v) is 7.24. The highest BCUT2D eigenvalue weighted by Gasteiger charge is 2.23. The number of nitrogens with one attached hydrogen (secondary N) is 3. The largest absolute Gasteiger partial charge is 0.385 e. The Balaban J connectivity index is 1.47. The Morgan fingerprint density at radius 2 is 1.77 bits per heavy atom. The standard InChI is InChI=1S/C23H32FN5O/c1-25-23(27-13-5-12-26-21-6-3-2-4-7-21)28-18-22(29-14-16-30-17-15-29)19-8-10-20(24)11-9-19/h2-4,6-11,22,26H,5,12-18H2,1H3,(H2,25,27,28). The molecule has 0 amide bonds. The van der Waals surface area contributed by atoms with Crippen LogP contribution < -0.4 is 16.0 Å². The van der Waals surface area contributed by atoms with Gasteiger partial charge in [-0.3, -0.25) is 9.89 Å². The first-order valence-electron chi connectivity index (χ1n) is 10.6. The third kappa shape index (κ3) is 7.00. The van der Waals surface area contributed by atoms with Gasteiger partial charge >= 0.3 is 0 Å². The highest BCUT2D eigenvalue weighted by atomic mass is 19.1. The maximum absolute atomic E-state index is 13.4. The van der Waals surface area contributed by atoms with E-state index < -0.39 is 0 Å². The third-order valence-electron chi connectivity index (χ3n) is 5.18. The van der Waals surface area contributed by atoms with Gasteiger partial charge in [0.05, 0.1) is 19.3 Å². The molecular weight excluding hydrogens is 381 g/mol. The Hall–Kier alpha value is -2.64. The summed E-state index contributed by atoms with van der Waals surface area (Å²) >= 11 is 0. The van der Waals surface area contributed by atoms with E-state index in [-0.39, 0.29) is 11.9 Å². The fourth-order valence-electron chi connectivity index (χ4n) is 3.53. The number of ether oxygens (including phenoxy) is 1. The van der Waals surface area contributed by atoms with Crippen LogP contribution in [0.1, 0.15) is 18.0 Å². The van der Waals surface area contributed by atoms with Crippen LogP contribution in [0.25, 0.3) is 0 Å². The second-order valence-electron chi connectivity index (χ2n) is 7.24. The van der Waals surface area contributed by atoms with Crippen LogP contribution in [0.3, 0.4) is 0 Å². The number of hydrogen-bond acceptors (Lipinski definition) is 4. The van der Waals surface area contributed by atoms with E-state index in [2.05, 4.69) is 38.0 Å². The summed E-state index contributed by atoms with van der Waals surface area (Å²) in [5.41, 5.74) is 2.22. The van der Waals surface area contributed by atoms with Crippen LogP contribution in [0, 0.1) is 5.82 Å². The van der Waals surface area contributed by atoms with Crippen LogP contribution in [0.4, 0.5) is 10.1 Å². The zero-order valence-electron chi connectivity index (χ0n) is 17.6. The molecule has 6 nitrogen and oxygen atoms in total. The van der Waals surface area contributed by atoms with Crippen LogP contribution >= 0.6 is 0 Å². The van der Waals surface area contributed by atoms with Crippen molar-refractivity contribution < 1.29 is 9.13 Å². The second kappa shape index (κ2) is 12.1. The van der Waals surface area contributed by atoms with E-state index in [4.69, 9.17) is 4.74 Å². The summed E-state index contributed by atoms with van der Waals surface area (Å²) in [6.45, 7) is 5.56. The number of morpholine rings is 1. The molecule has 1 atom stereocenters. The molecule has 7 heteroatoms. The summed E-state index contributed by atoms with van der Waals surface area (Å²) < 4.78 is 18.9. The molecule has 0 radical (unpaired) electrons. The number of rotatable bonds is 9. The Bertz CT molecular complexity index is 763. The van der Waals surface area contributed by atoms with Gasteiger partial charge in [0.1, 0.15) is 5.82 Å². The fourth-order valence-corrected chi connectivity index (χ4v) is 3.53. The number of hydrogen-bond donors (Lipinski definition) is 3. The average Bonchev–Trinajstić information content (AvgIpc) is 2.80. The van der Waals surface area contributed by atoms with Crippen molar-refractivity contribution in [3.8, 4) is 0 Å². The first-order valence-corrected chi connectivity index (χ1v) is 10.6. The highest BCUT2D eigenvalue weighted by Crippen LogP contribution is 2.21. The number of anilines is 1. The predicted molar refractivity (Wildman–Crippen MR) is 120 cm³/mol. The summed E-state index contributed by atoms with van der Waals surface area (Å²) in [7, 11) is 1.78. The molecule has 3 N–H and O–H groups in total. The summed E-state index contributed by atoms with van der Waals surface area (Å²) in [6.07, 6.45) is 0.973. The lowest BCUT2D eigenvalue weighted by molar-refractivity contribution is 0.0170. The molecule has 1 aliphatic heterocycles. The number of para-hydroxylation sites is 1. The quantitative estimate of drug-likeness (QED) is 0.335. The molecule has 0 aromatic heterocycles. The summed E-state index contributed by atoms with van der Waals surface area (Å²) in [5, 5.41) is 10.2. The zero-order chi connectivity index (χ0) is 21.0. The molecule has 3 rings (SSSR count). The molecule has 0 aliphatic carbocycles. The minimum absolute atomic E-state index is 0.132. The smallest absolute Gasteiger partial charge is 0.191 e. The van der Waals surface area contributed by atoms with Gasteiger partial charge < -0.3 is 20.7 Å². The van der Waals surface area contributed by atoms with Gasteiger partial charge in [-0.25, -0.2) is 4.39 Å². The topological polar surface area (TPSA) is 60.9 Å². The SMILES string of the molecule is CN=C(NCCCNc1ccccc1)NCC(c1ccc(F)cc1)N1CCOCC1. The first-order chi connectivity index (χ1) is 14.8. The lowest BCUT2D eigenvalue weighted by atomic mass is 10.0. The van der Waals surface area contributed by atoms with Crippen molar-refractivity contribution in [2.24, 2.45) is 4.99 Å². The van der Waals surface area contributed by atoms with Gasteiger partial charge in [-0.2, -0.15) is 0 Å². The third-order valence-corrected chi connectivity index (χ3v) is 5.18. The molecule has 0 saturated carbocycles. The average molecular weight is 414 g/mol. The molecule has 1 fully saturated rings. The van der Waals surface area contributed by atoms with Gasteiger partial charge in [0, 0.05) is 45.5 Å². The predicted octanol–water partition coefficient (Wildman–Crippen LogP) is 2.87. The van der Waals surface area contributed by atoms with Crippen LogP contribution in [-0.4, -0.2) is 63.8 Å². The maximum Gasteiger partial charge on any atom is 0.191 e. The van der Waals surface area contributed by atoms with E-state index >= 15 is 0 Å². The zero-order valence-corrected chi connectivity index (χ0v) is 17.6. The van der Waals surface area contributed by atoms with Gasteiger partial charge in [-0.15, -0.1) is 0 Å².